The molecule has 2 aromatic rings. The van der Waals surface area contributed by atoms with E-state index in [1.54, 1.807) is 12.4 Å². The molecule has 0 atom stereocenters. The number of aromatic nitrogens is 5. The summed E-state index contributed by atoms with van der Waals surface area (Å²) in [6, 6.07) is 1.83. The van der Waals surface area contributed by atoms with Gasteiger partial charge in [0.2, 0.25) is 5.95 Å². The van der Waals surface area contributed by atoms with Crippen LogP contribution in [0.3, 0.4) is 0 Å². The van der Waals surface area contributed by atoms with E-state index in [4.69, 9.17) is 5.73 Å². The molecule has 4 rings (SSSR count). The van der Waals surface area contributed by atoms with Crippen molar-refractivity contribution in [3.05, 3.63) is 30.1 Å². The minimum absolute atomic E-state index is 0. The third-order valence-electron chi connectivity index (χ3n) is 5.23. The Morgan fingerprint density at radius 3 is 2.57 bits per heavy atom. The lowest BCUT2D eigenvalue weighted by molar-refractivity contribution is 0.378. The molecule has 10 heteroatoms. The quantitative estimate of drug-likeness (QED) is 0.384. The summed E-state index contributed by atoms with van der Waals surface area (Å²) >= 11 is 0. The average molecular weight is 497 g/mol. The van der Waals surface area contributed by atoms with Crippen LogP contribution in [0.1, 0.15) is 30.9 Å². The van der Waals surface area contributed by atoms with E-state index < -0.39 is 0 Å². The summed E-state index contributed by atoms with van der Waals surface area (Å²) in [5.74, 6) is 3.55. The van der Waals surface area contributed by atoms with Crippen LogP contribution < -0.4 is 10.6 Å². The highest BCUT2D eigenvalue weighted by Crippen LogP contribution is 2.15. The number of piperazine rings is 1. The van der Waals surface area contributed by atoms with Crippen molar-refractivity contribution in [2.75, 3.05) is 37.6 Å². The first-order chi connectivity index (χ1) is 13.3. The fourth-order valence-corrected chi connectivity index (χ4v) is 3.69. The lowest BCUT2D eigenvalue weighted by atomic mass is 10.2. The number of hydrogen-bond donors (Lipinski definition) is 1. The smallest absolute Gasteiger partial charge is 0.225 e. The minimum Gasteiger partial charge on any atom is -0.370 e. The Bertz CT molecular complexity index is 769. The highest BCUT2D eigenvalue weighted by atomic mass is 127. The zero-order chi connectivity index (χ0) is 18.5. The predicted octanol–water partition coefficient (Wildman–Crippen LogP) is 1.09. The Balaban J connectivity index is 0.00000225. The number of rotatable bonds is 4. The van der Waals surface area contributed by atoms with Crippen LogP contribution in [0, 0.1) is 0 Å². The molecule has 0 amide bonds. The molecule has 2 aliphatic rings. The number of nitrogens with zero attached hydrogens (tertiary/aromatic N) is 8. The van der Waals surface area contributed by atoms with Gasteiger partial charge in [-0.2, -0.15) is 0 Å². The normalized spacial score (nSPS) is 17.6. The van der Waals surface area contributed by atoms with E-state index in [9.17, 15) is 0 Å². The van der Waals surface area contributed by atoms with E-state index in [0.717, 1.165) is 63.2 Å². The second-order valence-electron chi connectivity index (χ2n) is 7.01. The van der Waals surface area contributed by atoms with Crippen LogP contribution in [0.2, 0.25) is 0 Å². The number of anilines is 1. The van der Waals surface area contributed by atoms with Crippen LogP contribution in [0.4, 0.5) is 5.95 Å². The largest absolute Gasteiger partial charge is 0.370 e. The molecule has 0 unspecified atom stereocenters. The summed E-state index contributed by atoms with van der Waals surface area (Å²) in [4.78, 5) is 17.5. The van der Waals surface area contributed by atoms with Crippen molar-refractivity contribution < 1.29 is 0 Å². The van der Waals surface area contributed by atoms with Gasteiger partial charge in [-0.15, -0.1) is 34.2 Å². The lowest BCUT2D eigenvalue weighted by Gasteiger charge is -2.35. The maximum Gasteiger partial charge on any atom is 0.225 e. The summed E-state index contributed by atoms with van der Waals surface area (Å²) in [6.07, 6.45) is 9.06. The van der Waals surface area contributed by atoms with Gasteiger partial charge in [0.1, 0.15) is 11.6 Å². The lowest BCUT2D eigenvalue weighted by Crippen LogP contribution is -2.51. The van der Waals surface area contributed by atoms with Crippen molar-refractivity contribution in [2.24, 2.45) is 10.7 Å². The van der Waals surface area contributed by atoms with Crippen molar-refractivity contribution >= 4 is 35.9 Å². The number of aryl methyl sites for hydroxylation is 1. The molecule has 2 aliphatic heterocycles. The van der Waals surface area contributed by atoms with E-state index >= 15 is 0 Å². The van der Waals surface area contributed by atoms with E-state index in [1.165, 1.54) is 19.3 Å². The molecule has 0 aliphatic carbocycles. The van der Waals surface area contributed by atoms with Gasteiger partial charge < -0.3 is 20.1 Å². The molecule has 0 aromatic carbocycles. The summed E-state index contributed by atoms with van der Waals surface area (Å²) in [5, 5.41) is 8.71. The van der Waals surface area contributed by atoms with Gasteiger partial charge in [-0.25, -0.2) is 9.97 Å². The minimum atomic E-state index is 0. The Morgan fingerprint density at radius 1 is 1.00 bits per heavy atom. The van der Waals surface area contributed by atoms with Gasteiger partial charge in [0, 0.05) is 64.5 Å². The van der Waals surface area contributed by atoms with Crippen LogP contribution in [-0.2, 0) is 19.4 Å². The monoisotopic (exact) mass is 497 g/mol. The van der Waals surface area contributed by atoms with Gasteiger partial charge in [-0.3, -0.25) is 4.99 Å². The Kier molecular flexibility index (Phi) is 7.40. The van der Waals surface area contributed by atoms with Crippen LogP contribution in [0.25, 0.3) is 0 Å². The molecule has 0 radical (unpaired) electrons. The number of guanidine groups is 1. The predicted molar refractivity (Wildman–Crippen MR) is 119 cm³/mol. The summed E-state index contributed by atoms with van der Waals surface area (Å²) < 4.78 is 2.28. The van der Waals surface area contributed by atoms with E-state index in [0.29, 0.717) is 12.5 Å². The average Bonchev–Trinajstić information content (AvgIpc) is 2.95. The first-order valence-corrected chi connectivity index (χ1v) is 9.79. The van der Waals surface area contributed by atoms with Gasteiger partial charge in [-0.1, -0.05) is 6.42 Å². The standard InChI is InChI=1S/C18H27N9.HI/c19-17(25-11-13-26(14-12-25)18-21-7-4-8-22-18)20-9-6-16-24-23-15-5-2-1-3-10-27(15)16;/h4,7-8H,1-3,5-6,9-14H2,(H2,19,20);1H. The van der Waals surface area contributed by atoms with Gasteiger partial charge in [0.25, 0.3) is 0 Å². The molecular formula is C18H28IN9. The molecule has 28 heavy (non-hydrogen) atoms. The summed E-state index contributed by atoms with van der Waals surface area (Å²) in [5.41, 5.74) is 6.22. The molecule has 2 N–H and O–H groups in total. The fraction of sp³-hybridized carbons (Fsp3) is 0.611. The maximum atomic E-state index is 6.22. The first-order valence-electron chi connectivity index (χ1n) is 9.79. The van der Waals surface area contributed by atoms with Gasteiger partial charge in [-0.05, 0) is 18.9 Å². The van der Waals surface area contributed by atoms with Crippen molar-refractivity contribution in [2.45, 2.75) is 38.6 Å². The number of fused-ring (bicyclic) bond motifs is 1. The Hall–Kier alpha value is -1.98. The van der Waals surface area contributed by atoms with Crippen molar-refractivity contribution in [1.29, 1.82) is 0 Å². The highest BCUT2D eigenvalue weighted by Gasteiger charge is 2.20. The first kappa shape index (κ1) is 20.7. The van der Waals surface area contributed by atoms with Crippen LogP contribution in [-0.4, -0.2) is 68.3 Å². The van der Waals surface area contributed by atoms with E-state index in [1.807, 2.05) is 6.07 Å². The Labute approximate surface area is 182 Å². The number of halogens is 1. The third-order valence-corrected chi connectivity index (χ3v) is 5.23. The number of nitrogens with two attached hydrogens (primary N) is 1. The molecule has 1 fully saturated rings. The molecule has 0 bridgehead atoms. The molecule has 152 valence electrons. The second-order valence-corrected chi connectivity index (χ2v) is 7.01. The fourth-order valence-electron chi connectivity index (χ4n) is 3.69. The maximum absolute atomic E-state index is 6.22. The third kappa shape index (κ3) is 4.89. The topological polar surface area (TPSA) is 101 Å². The van der Waals surface area contributed by atoms with Gasteiger partial charge in [0.05, 0.1) is 0 Å². The molecular weight excluding hydrogens is 469 g/mol. The second kappa shape index (κ2) is 9.99. The summed E-state index contributed by atoms with van der Waals surface area (Å²) in [6.45, 7) is 5.02. The molecule has 4 heterocycles. The molecule has 0 spiro atoms. The molecule has 9 nitrogen and oxygen atoms in total. The van der Waals surface area contributed by atoms with Gasteiger partial charge in [0.15, 0.2) is 5.96 Å². The van der Waals surface area contributed by atoms with Crippen LogP contribution in [0.5, 0.6) is 0 Å². The molecule has 1 saturated heterocycles. The molecule has 0 saturated carbocycles. The zero-order valence-corrected chi connectivity index (χ0v) is 18.4. The molecule has 2 aromatic heterocycles. The van der Waals surface area contributed by atoms with E-state index in [2.05, 4.69) is 39.5 Å². The van der Waals surface area contributed by atoms with Crippen molar-refractivity contribution in [3.8, 4) is 0 Å². The van der Waals surface area contributed by atoms with Gasteiger partial charge >= 0.3 is 0 Å². The Morgan fingerprint density at radius 2 is 1.79 bits per heavy atom. The zero-order valence-electron chi connectivity index (χ0n) is 16.1. The van der Waals surface area contributed by atoms with Crippen LogP contribution in [0.15, 0.2) is 23.5 Å². The van der Waals surface area contributed by atoms with Crippen molar-refractivity contribution in [3.63, 3.8) is 0 Å². The SMILES string of the molecule is I.NC(=NCCc1nnc2n1CCCCC2)N1CCN(c2ncccn2)CC1. The van der Waals surface area contributed by atoms with Crippen LogP contribution >= 0.6 is 24.0 Å². The summed E-state index contributed by atoms with van der Waals surface area (Å²) in [7, 11) is 0. The number of aliphatic imine (C=N–C) groups is 1. The van der Waals surface area contributed by atoms with E-state index in [-0.39, 0.29) is 24.0 Å². The van der Waals surface area contributed by atoms with Crippen molar-refractivity contribution in [1.82, 2.24) is 29.6 Å². The number of hydrogen-bond acceptors (Lipinski definition) is 6. The highest BCUT2D eigenvalue weighted by molar-refractivity contribution is 14.0.